The summed E-state index contributed by atoms with van der Waals surface area (Å²) in [5.74, 6) is -0.211. The lowest BCUT2D eigenvalue weighted by molar-refractivity contribution is 0.0988. The van der Waals surface area contributed by atoms with Crippen molar-refractivity contribution in [3.05, 3.63) is 53.9 Å². The van der Waals surface area contributed by atoms with Gasteiger partial charge in [-0.2, -0.15) is 5.26 Å². The molecule has 0 radical (unpaired) electrons. The van der Waals surface area contributed by atoms with E-state index >= 15 is 0 Å². The molecule has 0 fully saturated rings. The van der Waals surface area contributed by atoms with Crippen LogP contribution in [0.5, 0.6) is 0 Å². The van der Waals surface area contributed by atoms with E-state index in [-0.39, 0.29) is 5.91 Å². The summed E-state index contributed by atoms with van der Waals surface area (Å²) >= 11 is 0. The van der Waals surface area contributed by atoms with Crippen LogP contribution in [0.4, 0.5) is 11.4 Å². The van der Waals surface area contributed by atoms with E-state index in [2.05, 4.69) is 4.98 Å². The third-order valence-electron chi connectivity index (χ3n) is 3.17. The standard InChI is InChI=1S/C16H16N4O/c1-19(2)13-5-7-14(8-6-13)20(3)16(21)15-9-4-12(10-17)11-18-15/h4-9,11H,1-3H3. The zero-order chi connectivity index (χ0) is 15.4. The first-order chi connectivity index (χ1) is 10.0. The highest BCUT2D eigenvalue weighted by molar-refractivity contribution is 6.04. The van der Waals surface area contributed by atoms with Crippen LogP contribution in [-0.4, -0.2) is 32.0 Å². The van der Waals surface area contributed by atoms with Gasteiger partial charge >= 0.3 is 0 Å². The lowest BCUT2D eigenvalue weighted by Crippen LogP contribution is -2.27. The number of pyridine rings is 1. The Morgan fingerprint density at radius 1 is 1.05 bits per heavy atom. The molecule has 0 atom stereocenters. The lowest BCUT2D eigenvalue weighted by Gasteiger charge is -2.19. The van der Waals surface area contributed by atoms with Crippen molar-refractivity contribution in [2.24, 2.45) is 0 Å². The van der Waals surface area contributed by atoms with Gasteiger partial charge in [-0.05, 0) is 36.4 Å². The lowest BCUT2D eigenvalue weighted by atomic mass is 10.2. The Morgan fingerprint density at radius 2 is 1.67 bits per heavy atom. The summed E-state index contributed by atoms with van der Waals surface area (Å²) in [5, 5.41) is 8.74. The normalized spacial score (nSPS) is 9.81. The first-order valence-electron chi connectivity index (χ1n) is 6.44. The molecule has 1 aromatic carbocycles. The van der Waals surface area contributed by atoms with Gasteiger partial charge < -0.3 is 9.80 Å². The van der Waals surface area contributed by atoms with E-state index < -0.39 is 0 Å². The van der Waals surface area contributed by atoms with Crippen LogP contribution in [0.15, 0.2) is 42.6 Å². The van der Waals surface area contributed by atoms with Crippen LogP contribution in [0, 0.1) is 11.3 Å². The maximum atomic E-state index is 12.3. The average Bonchev–Trinajstić information content (AvgIpc) is 2.53. The first kappa shape index (κ1) is 14.5. The van der Waals surface area contributed by atoms with Crippen molar-refractivity contribution < 1.29 is 4.79 Å². The van der Waals surface area contributed by atoms with E-state index in [1.165, 1.54) is 11.1 Å². The maximum Gasteiger partial charge on any atom is 0.276 e. The van der Waals surface area contributed by atoms with E-state index in [0.717, 1.165) is 11.4 Å². The molecule has 0 unspecified atom stereocenters. The van der Waals surface area contributed by atoms with Gasteiger partial charge in [0, 0.05) is 38.7 Å². The van der Waals surface area contributed by atoms with Crippen LogP contribution in [0.3, 0.4) is 0 Å². The van der Waals surface area contributed by atoms with E-state index in [9.17, 15) is 4.79 Å². The highest BCUT2D eigenvalue weighted by atomic mass is 16.2. The van der Waals surface area contributed by atoms with Gasteiger partial charge in [-0.25, -0.2) is 4.98 Å². The van der Waals surface area contributed by atoms with E-state index in [1.54, 1.807) is 19.2 Å². The molecule has 0 saturated heterocycles. The molecule has 0 aliphatic heterocycles. The van der Waals surface area contributed by atoms with Gasteiger partial charge in [0.25, 0.3) is 5.91 Å². The SMILES string of the molecule is CN(C)c1ccc(N(C)C(=O)c2ccc(C#N)cn2)cc1. The summed E-state index contributed by atoms with van der Waals surface area (Å²) in [5.41, 5.74) is 2.60. The second-order valence-corrected chi connectivity index (χ2v) is 4.82. The monoisotopic (exact) mass is 280 g/mol. The Kier molecular flexibility index (Phi) is 4.19. The van der Waals surface area contributed by atoms with Crippen molar-refractivity contribution in [2.45, 2.75) is 0 Å². The molecule has 2 aromatic rings. The highest BCUT2D eigenvalue weighted by Gasteiger charge is 2.14. The Hall–Kier alpha value is -2.87. The van der Waals surface area contributed by atoms with Crippen LogP contribution < -0.4 is 9.80 Å². The quantitative estimate of drug-likeness (QED) is 0.865. The summed E-state index contributed by atoms with van der Waals surface area (Å²) in [6, 6.07) is 12.8. The zero-order valence-corrected chi connectivity index (χ0v) is 12.2. The fourth-order valence-corrected chi connectivity index (χ4v) is 1.85. The van der Waals surface area contributed by atoms with Crippen LogP contribution in [0.1, 0.15) is 16.1 Å². The number of hydrogen-bond donors (Lipinski definition) is 0. The van der Waals surface area contributed by atoms with Gasteiger partial charge in [0.05, 0.1) is 5.56 Å². The molecule has 5 nitrogen and oxygen atoms in total. The van der Waals surface area contributed by atoms with Crippen molar-refractivity contribution in [1.29, 1.82) is 5.26 Å². The van der Waals surface area contributed by atoms with E-state index in [1.807, 2.05) is 49.3 Å². The smallest absolute Gasteiger partial charge is 0.276 e. The fraction of sp³-hybridized carbons (Fsp3) is 0.188. The Labute approximate surface area is 124 Å². The van der Waals surface area contributed by atoms with Crippen molar-refractivity contribution >= 4 is 17.3 Å². The number of hydrogen-bond acceptors (Lipinski definition) is 4. The second-order valence-electron chi connectivity index (χ2n) is 4.82. The van der Waals surface area contributed by atoms with Crippen LogP contribution in [-0.2, 0) is 0 Å². The number of rotatable bonds is 3. The van der Waals surface area contributed by atoms with Crippen molar-refractivity contribution in [1.82, 2.24) is 4.98 Å². The van der Waals surface area contributed by atoms with Gasteiger partial charge in [0.15, 0.2) is 0 Å². The molecule has 1 amide bonds. The summed E-state index contributed by atoms with van der Waals surface area (Å²) in [4.78, 5) is 19.9. The number of carbonyl (C=O) groups is 1. The topological polar surface area (TPSA) is 60.2 Å². The minimum atomic E-state index is -0.211. The second kappa shape index (κ2) is 6.06. The predicted molar refractivity (Wildman–Crippen MR) is 82.5 cm³/mol. The molecule has 0 aliphatic rings. The Bertz CT molecular complexity index is 669. The molecule has 0 saturated carbocycles. The van der Waals surface area contributed by atoms with E-state index in [0.29, 0.717) is 11.3 Å². The predicted octanol–water partition coefficient (Wildman–Crippen LogP) is 2.30. The Morgan fingerprint density at radius 3 is 2.14 bits per heavy atom. The molecule has 0 spiro atoms. The molecule has 1 heterocycles. The van der Waals surface area contributed by atoms with Gasteiger partial charge in [0.2, 0.25) is 0 Å². The number of nitriles is 1. The summed E-state index contributed by atoms with van der Waals surface area (Å²) in [6.45, 7) is 0. The highest BCUT2D eigenvalue weighted by Crippen LogP contribution is 2.19. The van der Waals surface area contributed by atoms with Crippen molar-refractivity contribution in [3.63, 3.8) is 0 Å². The summed E-state index contributed by atoms with van der Waals surface area (Å²) in [7, 11) is 5.63. The molecule has 21 heavy (non-hydrogen) atoms. The third-order valence-corrected chi connectivity index (χ3v) is 3.17. The molecular weight excluding hydrogens is 264 g/mol. The summed E-state index contributed by atoms with van der Waals surface area (Å²) in [6.07, 6.45) is 1.40. The maximum absolute atomic E-state index is 12.3. The largest absolute Gasteiger partial charge is 0.378 e. The zero-order valence-electron chi connectivity index (χ0n) is 12.2. The fourth-order valence-electron chi connectivity index (χ4n) is 1.85. The number of amides is 1. The van der Waals surface area contributed by atoms with Crippen molar-refractivity contribution in [3.8, 4) is 6.07 Å². The molecule has 106 valence electrons. The van der Waals surface area contributed by atoms with Gasteiger partial charge in [-0.1, -0.05) is 0 Å². The van der Waals surface area contributed by atoms with Crippen LogP contribution in [0.2, 0.25) is 0 Å². The number of carbonyl (C=O) groups excluding carboxylic acids is 1. The molecule has 0 bridgehead atoms. The molecule has 0 aliphatic carbocycles. The molecule has 1 aromatic heterocycles. The third kappa shape index (κ3) is 3.18. The van der Waals surface area contributed by atoms with Crippen molar-refractivity contribution in [2.75, 3.05) is 30.9 Å². The molecule has 0 N–H and O–H groups in total. The van der Waals surface area contributed by atoms with Gasteiger partial charge in [-0.3, -0.25) is 4.79 Å². The van der Waals surface area contributed by atoms with Gasteiger partial charge in [0.1, 0.15) is 11.8 Å². The average molecular weight is 280 g/mol. The molecular formula is C16H16N4O. The number of benzene rings is 1. The molecule has 5 heteroatoms. The number of aromatic nitrogens is 1. The minimum absolute atomic E-state index is 0.211. The summed E-state index contributed by atoms with van der Waals surface area (Å²) < 4.78 is 0. The Balaban J connectivity index is 2.20. The molecule has 2 rings (SSSR count). The van der Waals surface area contributed by atoms with Crippen LogP contribution >= 0.6 is 0 Å². The minimum Gasteiger partial charge on any atom is -0.378 e. The van der Waals surface area contributed by atoms with E-state index in [4.69, 9.17) is 5.26 Å². The first-order valence-corrected chi connectivity index (χ1v) is 6.44. The number of anilines is 2. The van der Waals surface area contributed by atoms with Gasteiger partial charge in [-0.15, -0.1) is 0 Å². The van der Waals surface area contributed by atoms with Crippen LogP contribution in [0.25, 0.3) is 0 Å². The number of nitrogens with zero attached hydrogens (tertiary/aromatic N) is 4.